The molecule has 3 rings (SSSR count). The fourth-order valence-electron chi connectivity index (χ4n) is 2.97. The third kappa shape index (κ3) is 2.79. The van der Waals surface area contributed by atoms with E-state index in [1.807, 2.05) is 6.92 Å². The molecule has 1 N–H and O–H groups in total. The lowest BCUT2D eigenvalue weighted by Gasteiger charge is -2.13. The van der Waals surface area contributed by atoms with Crippen LogP contribution in [0.25, 0.3) is 11.4 Å². The molecule has 1 aromatic heterocycles. The highest BCUT2D eigenvalue weighted by molar-refractivity contribution is 9.10. The molecule has 5 heteroatoms. The molecule has 1 saturated carbocycles. The minimum Gasteiger partial charge on any atom is -0.306 e. The highest BCUT2D eigenvalue weighted by Gasteiger charge is 2.23. The normalized spacial score (nSPS) is 15.6. The monoisotopic (exact) mass is 350 g/mol. The van der Waals surface area contributed by atoms with Crippen LogP contribution in [0.1, 0.15) is 42.9 Å². The number of halogens is 2. The van der Waals surface area contributed by atoms with Crippen LogP contribution in [-0.4, -0.2) is 9.97 Å². The van der Waals surface area contributed by atoms with Gasteiger partial charge >= 0.3 is 0 Å². The van der Waals surface area contributed by atoms with Crippen LogP contribution in [0.3, 0.4) is 0 Å². The summed E-state index contributed by atoms with van der Waals surface area (Å²) in [5.74, 6) is 0.565. The van der Waals surface area contributed by atoms with Crippen molar-refractivity contribution in [2.45, 2.75) is 38.5 Å². The van der Waals surface area contributed by atoms with Crippen LogP contribution in [0.2, 0.25) is 0 Å². The van der Waals surface area contributed by atoms with Gasteiger partial charge in [0.05, 0.1) is 5.69 Å². The molecule has 0 radical (unpaired) electrons. The van der Waals surface area contributed by atoms with Gasteiger partial charge in [0.2, 0.25) is 0 Å². The number of benzene rings is 1. The summed E-state index contributed by atoms with van der Waals surface area (Å²) in [6, 6.07) is 4.50. The number of aromatic amines is 1. The number of rotatable bonds is 2. The SMILES string of the molecule is Cc1cc(F)ccc1-c1nc(C2CCCC2)c(Br)c(=O)[nH]1. The van der Waals surface area contributed by atoms with E-state index in [1.165, 1.54) is 25.0 Å². The predicted molar refractivity (Wildman–Crippen MR) is 83.9 cm³/mol. The average molecular weight is 351 g/mol. The molecule has 1 aliphatic carbocycles. The second-order valence-electron chi connectivity index (χ2n) is 5.55. The third-order valence-corrected chi connectivity index (χ3v) is 4.84. The molecule has 2 aromatic rings. The average Bonchev–Trinajstić information content (AvgIpc) is 2.96. The van der Waals surface area contributed by atoms with Crippen molar-refractivity contribution < 1.29 is 4.39 Å². The fourth-order valence-corrected chi connectivity index (χ4v) is 3.48. The minimum atomic E-state index is -0.285. The fraction of sp³-hybridized carbons (Fsp3) is 0.375. The predicted octanol–water partition coefficient (Wildman–Crippen LogP) is 4.30. The molecular formula is C16H16BrFN2O. The second-order valence-corrected chi connectivity index (χ2v) is 6.35. The Balaban J connectivity index is 2.13. The molecule has 1 fully saturated rings. The van der Waals surface area contributed by atoms with Gasteiger partial charge in [-0.15, -0.1) is 0 Å². The molecule has 110 valence electrons. The van der Waals surface area contributed by atoms with Gasteiger partial charge < -0.3 is 4.98 Å². The van der Waals surface area contributed by atoms with Crippen molar-refractivity contribution in [3.63, 3.8) is 0 Å². The molecule has 0 unspecified atom stereocenters. The highest BCUT2D eigenvalue weighted by Crippen LogP contribution is 2.36. The van der Waals surface area contributed by atoms with Gasteiger partial charge in [-0.1, -0.05) is 12.8 Å². The number of hydrogen-bond donors (Lipinski definition) is 1. The molecule has 1 aromatic carbocycles. The van der Waals surface area contributed by atoms with E-state index >= 15 is 0 Å². The van der Waals surface area contributed by atoms with Gasteiger partial charge in [0, 0.05) is 11.5 Å². The Morgan fingerprint density at radius 3 is 2.71 bits per heavy atom. The van der Waals surface area contributed by atoms with Crippen molar-refractivity contribution in [3.05, 3.63) is 50.1 Å². The maximum absolute atomic E-state index is 13.2. The second kappa shape index (κ2) is 5.72. The number of hydrogen-bond acceptors (Lipinski definition) is 2. The highest BCUT2D eigenvalue weighted by atomic mass is 79.9. The van der Waals surface area contributed by atoms with E-state index in [0.29, 0.717) is 16.2 Å². The van der Waals surface area contributed by atoms with Gasteiger partial charge in [-0.2, -0.15) is 0 Å². The van der Waals surface area contributed by atoms with Crippen LogP contribution >= 0.6 is 15.9 Å². The summed E-state index contributed by atoms with van der Waals surface area (Å²) in [6.45, 7) is 1.82. The number of aromatic nitrogens is 2. The maximum Gasteiger partial charge on any atom is 0.265 e. The van der Waals surface area contributed by atoms with E-state index in [-0.39, 0.29) is 11.4 Å². The first-order chi connectivity index (χ1) is 10.1. The molecule has 0 atom stereocenters. The van der Waals surface area contributed by atoms with E-state index < -0.39 is 0 Å². The number of aryl methyl sites for hydroxylation is 1. The molecule has 0 bridgehead atoms. The zero-order valence-electron chi connectivity index (χ0n) is 11.7. The van der Waals surface area contributed by atoms with Crippen molar-refractivity contribution in [3.8, 4) is 11.4 Å². The van der Waals surface area contributed by atoms with Crippen LogP contribution in [0.5, 0.6) is 0 Å². The van der Waals surface area contributed by atoms with E-state index in [4.69, 9.17) is 0 Å². The van der Waals surface area contributed by atoms with Crippen molar-refractivity contribution in [2.75, 3.05) is 0 Å². The van der Waals surface area contributed by atoms with E-state index in [0.717, 1.165) is 29.7 Å². The molecule has 21 heavy (non-hydrogen) atoms. The molecule has 0 amide bonds. The number of H-pyrrole nitrogens is 1. The Morgan fingerprint density at radius 2 is 2.05 bits per heavy atom. The first kappa shape index (κ1) is 14.4. The Hall–Kier alpha value is -1.49. The summed E-state index contributed by atoms with van der Waals surface area (Å²) >= 11 is 3.36. The zero-order valence-corrected chi connectivity index (χ0v) is 13.3. The largest absolute Gasteiger partial charge is 0.306 e. The molecule has 3 nitrogen and oxygen atoms in total. The van der Waals surface area contributed by atoms with Gasteiger partial charge in [-0.25, -0.2) is 9.37 Å². The molecule has 1 aliphatic rings. The molecule has 1 heterocycles. The van der Waals surface area contributed by atoms with Crippen molar-refractivity contribution >= 4 is 15.9 Å². The summed E-state index contributed by atoms with van der Waals surface area (Å²) in [4.78, 5) is 19.6. The Kier molecular flexibility index (Phi) is 3.93. The van der Waals surface area contributed by atoms with Crippen molar-refractivity contribution in [1.29, 1.82) is 0 Å². The molecule has 0 spiro atoms. The van der Waals surface area contributed by atoms with Crippen LogP contribution < -0.4 is 5.56 Å². The van der Waals surface area contributed by atoms with Crippen LogP contribution in [0.4, 0.5) is 4.39 Å². The minimum absolute atomic E-state index is 0.175. The smallest absolute Gasteiger partial charge is 0.265 e. The van der Waals surface area contributed by atoms with Gasteiger partial charge in [0.1, 0.15) is 16.1 Å². The van der Waals surface area contributed by atoms with E-state index in [9.17, 15) is 9.18 Å². The molecule has 0 saturated heterocycles. The summed E-state index contributed by atoms with van der Waals surface area (Å²) in [6.07, 6.45) is 4.49. The topological polar surface area (TPSA) is 45.8 Å². The lowest BCUT2D eigenvalue weighted by molar-refractivity contribution is 0.626. The summed E-state index contributed by atoms with van der Waals surface area (Å²) < 4.78 is 13.8. The van der Waals surface area contributed by atoms with Gasteiger partial charge in [0.25, 0.3) is 5.56 Å². The standard InChI is InChI=1S/C16H16BrFN2O/c1-9-8-11(18)6-7-12(9)15-19-14(10-4-2-3-5-10)13(17)16(21)20-15/h6-8,10H,2-5H2,1H3,(H,19,20,21). The summed E-state index contributed by atoms with van der Waals surface area (Å²) in [5.41, 5.74) is 2.18. The van der Waals surface area contributed by atoms with Gasteiger partial charge in [-0.3, -0.25) is 4.79 Å². The number of nitrogens with zero attached hydrogens (tertiary/aromatic N) is 1. The Bertz CT molecular complexity index is 736. The van der Waals surface area contributed by atoms with Crippen LogP contribution in [-0.2, 0) is 0 Å². The van der Waals surface area contributed by atoms with E-state index in [1.54, 1.807) is 6.07 Å². The molecular weight excluding hydrogens is 335 g/mol. The van der Waals surface area contributed by atoms with Crippen LogP contribution in [0.15, 0.2) is 27.5 Å². The van der Waals surface area contributed by atoms with Gasteiger partial charge in [-0.05, 0) is 59.5 Å². The lowest BCUT2D eigenvalue weighted by Crippen LogP contribution is -2.15. The van der Waals surface area contributed by atoms with Crippen LogP contribution in [0, 0.1) is 12.7 Å². The van der Waals surface area contributed by atoms with Crippen molar-refractivity contribution in [1.82, 2.24) is 9.97 Å². The third-order valence-electron chi connectivity index (χ3n) is 4.07. The quantitative estimate of drug-likeness (QED) is 0.877. The van der Waals surface area contributed by atoms with E-state index in [2.05, 4.69) is 25.9 Å². The first-order valence-corrected chi connectivity index (χ1v) is 7.92. The Labute approximate surface area is 130 Å². The summed E-state index contributed by atoms with van der Waals surface area (Å²) in [7, 11) is 0. The maximum atomic E-state index is 13.2. The summed E-state index contributed by atoms with van der Waals surface area (Å²) in [5, 5.41) is 0. The lowest BCUT2D eigenvalue weighted by atomic mass is 10.0. The van der Waals surface area contributed by atoms with Crippen molar-refractivity contribution in [2.24, 2.45) is 0 Å². The van der Waals surface area contributed by atoms with Gasteiger partial charge in [0.15, 0.2) is 0 Å². The first-order valence-electron chi connectivity index (χ1n) is 7.12. The number of nitrogens with one attached hydrogen (secondary N) is 1. The molecule has 0 aliphatic heterocycles. The Morgan fingerprint density at radius 1 is 1.33 bits per heavy atom. The zero-order chi connectivity index (χ0) is 15.0.